The largest absolute Gasteiger partial charge is 0.431 e. The molecular weight excluding hydrogens is 249 g/mol. The second kappa shape index (κ2) is 4.29. The van der Waals surface area contributed by atoms with E-state index in [1.165, 1.54) is 24.5 Å². The molecule has 2 heterocycles. The van der Waals surface area contributed by atoms with Gasteiger partial charge in [0.15, 0.2) is 0 Å². The molecule has 0 spiro atoms. The molecule has 1 N–H and O–H groups in total. The minimum absolute atomic E-state index is 0.0409. The van der Waals surface area contributed by atoms with Crippen molar-refractivity contribution in [3.8, 4) is 11.1 Å². The average molecular weight is 256 g/mol. The SMILES string of the molecule is FC(F)(F)c1[nH]c(=S)ccc1-c1cccnc1. The highest BCUT2D eigenvalue weighted by atomic mass is 32.1. The lowest BCUT2D eigenvalue weighted by atomic mass is 10.1. The van der Waals surface area contributed by atoms with Crippen molar-refractivity contribution in [2.24, 2.45) is 0 Å². The Hall–Kier alpha value is -1.69. The van der Waals surface area contributed by atoms with Crippen molar-refractivity contribution in [2.45, 2.75) is 6.18 Å². The number of halogens is 3. The van der Waals surface area contributed by atoms with E-state index in [0.29, 0.717) is 5.56 Å². The molecule has 2 aromatic rings. The highest BCUT2D eigenvalue weighted by Crippen LogP contribution is 2.35. The number of aromatic amines is 1. The minimum Gasteiger partial charge on any atom is -0.342 e. The van der Waals surface area contributed by atoms with Gasteiger partial charge in [0.1, 0.15) is 10.3 Å². The molecule has 0 saturated heterocycles. The van der Waals surface area contributed by atoms with Crippen LogP contribution in [0.5, 0.6) is 0 Å². The number of nitrogens with one attached hydrogen (secondary N) is 1. The van der Waals surface area contributed by atoms with Crippen molar-refractivity contribution in [3.05, 3.63) is 47.0 Å². The number of aromatic nitrogens is 2. The van der Waals surface area contributed by atoms with E-state index in [0.717, 1.165) is 0 Å². The first-order chi connectivity index (χ1) is 7.98. The quantitative estimate of drug-likeness (QED) is 0.786. The lowest BCUT2D eigenvalue weighted by Gasteiger charge is -2.12. The molecule has 0 atom stereocenters. The van der Waals surface area contributed by atoms with Crippen molar-refractivity contribution in [1.29, 1.82) is 0 Å². The summed E-state index contributed by atoms with van der Waals surface area (Å²) in [7, 11) is 0. The van der Waals surface area contributed by atoms with Crippen LogP contribution < -0.4 is 0 Å². The highest BCUT2D eigenvalue weighted by molar-refractivity contribution is 7.71. The first-order valence-electron chi connectivity index (χ1n) is 4.69. The molecule has 0 amide bonds. The van der Waals surface area contributed by atoms with Crippen LogP contribution in [0.15, 0.2) is 36.7 Å². The third kappa shape index (κ3) is 2.52. The first kappa shape index (κ1) is 11.8. The van der Waals surface area contributed by atoms with Gasteiger partial charge in [-0.25, -0.2) is 0 Å². The summed E-state index contributed by atoms with van der Waals surface area (Å²) in [5.41, 5.74) is -0.414. The van der Waals surface area contributed by atoms with Crippen LogP contribution in [-0.4, -0.2) is 9.97 Å². The van der Waals surface area contributed by atoms with Gasteiger partial charge in [-0.1, -0.05) is 18.3 Å². The van der Waals surface area contributed by atoms with Crippen LogP contribution in [0, 0.1) is 4.64 Å². The normalized spacial score (nSPS) is 11.5. The van der Waals surface area contributed by atoms with E-state index < -0.39 is 11.9 Å². The Morgan fingerprint density at radius 2 is 1.94 bits per heavy atom. The molecule has 2 aromatic heterocycles. The van der Waals surface area contributed by atoms with Crippen molar-refractivity contribution in [3.63, 3.8) is 0 Å². The number of hydrogen-bond donors (Lipinski definition) is 1. The van der Waals surface area contributed by atoms with Crippen molar-refractivity contribution >= 4 is 12.2 Å². The van der Waals surface area contributed by atoms with Crippen LogP contribution in [0.2, 0.25) is 0 Å². The second-order valence-electron chi connectivity index (χ2n) is 3.35. The summed E-state index contributed by atoms with van der Waals surface area (Å²) < 4.78 is 38.5. The zero-order valence-corrected chi connectivity index (χ0v) is 9.27. The lowest BCUT2D eigenvalue weighted by molar-refractivity contribution is -0.140. The molecule has 0 fully saturated rings. The van der Waals surface area contributed by atoms with Crippen LogP contribution in [0.25, 0.3) is 11.1 Å². The van der Waals surface area contributed by atoms with E-state index in [-0.39, 0.29) is 10.2 Å². The third-order valence-electron chi connectivity index (χ3n) is 2.17. The van der Waals surface area contributed by atoms with Gasteiger partial charge in [0, 0.05) is 23.5 Å². The number of nitrogens with zero attached hydrogens (tertiary/aromatic N) is 1. The smallest absolute Gasteiger partial charge is 0.342 e. The maximum atomic E-state index is 12.8. The predicted molar refractivity (Wildman–Crippen MR) is 59.9 cm³/mol. The van der Waals surface area contributed by atoms with E-state index in [4.69, 9.17) is 12.2 Å². The Balaban J connectivity index is 2.67. The van der Waals surface area contributed by atoms with Crippen molar-refractivity contribution in [1.82, 2.24) is 9.97 Å². The molecule has 6 heteroatoms. The van der Waals surface area contributed by atoms with Gasteiger partial charge < -0.3 is 4.98 Å². The average Bonchev–Trinajstić information content (AvgIpc) is 2.29. The maximum absolute atomic E-state index is 12.8. The first-order valence-corrected chi connectivity index (χ1v) is 5.10. The van der Waals surface area contributed by atoms with Crippen molar-refractivity contribution < 1.29 is 13.2 Å². The summed E-state index contributed by atoms with van der Waals surface area (Å²) in [4.78, 5) is 5.98. The van der Waals surface area contributed by atoms with Gasteiger partial charge >= 0.3 is 6.18 Å². The van der Waals surface area contributed by atoms with Crippen LogP contribution in [0.4, 0.5) is 13.2 Å². The Morgan fingerprint density at radius 1 is 1.18 bits per heavy atom. The fourth-order valence-corrected chi connectivity index (χ4v) is 1.63. The van der Waals surface area contributed by atoms with Gasteiger partial charge in [0.2, 0.25) is 0 Å². The van der Waals surface area contributed by atoms with Crippen LogP contribution in [0.1, 0.15) is 5.69 Å². The fourth-order valence-electron chi connectivity index (χ4n) is 1.46. The monoisotopic (exact) mass is 256 g/mol. The molecule has 0 aliphatic carbocycles. The number of H-pyrrole nitrogens is 1. The Morgan fingerprint density at radius 3 is 2.53 bits per heavy atom. The Kier molecular flexibility index (Phi) is 2.97. The highest BCUT2D eigenvalue weighted by Gasteiger charge is 2.34. The van der Waals surface area contributed by atoms with Crippen LogP contribution in [0.3, 0.4) is 0 Å². The topological polar surface area (TPSA) is 28.7 Å². The summed E-state index contributed by atoms with van der Waals surface area (Å²) >= 11 is 4.71. The molecule has 0 aromatic carbocycles. The summed E-state index contributed by atoms with van der Waals surface area (Å²) in [6, 6.07) is 5.91. The maximum Gasteiger partial charge on any atom is 0.431 e. The Bertz CT molecular complexity index is 575. The number of alkyl halides is 3. The van der Waals surface area contributed by atoms with Crippen molar-refractivity contribution in [2.75, 3.05) is 0 Å². The molecule has 0 aliphatic rings. The summed E-state index contributed by atoms with van der Waals surface area (Å²) in [5, 5.41) is 0. The summed E-state index contributed by atoms with van der Waals surface area (Å²) in [6.45, 7) is 0. The second-order valence-corrected chi connectivity index (χ2v) is 3.79. The predicted octanol–water partition coefficient (Wildman–Crippen LogP) is 3.82. The van der Waals surface area contributed by atoms with E-state index >= 15 is 0 Å². The van der Waals surface area contributed by atoms with E-state index in [2.05, 4.69) is 9.97 Å². The molecular formula is C11H7F3N2S. The molecule has 2 rings (SSSR count). The van der Waals surface area contributed by atoms with Gasteiger partial charge in [-0.3, -0.25) is 4.98 Å². The van der Waals surface area contributed by atoms with E-state index in [1.807, 2.05) is 0 Å². The molecule has 0 radical (unpaired) electrons. The standard InChI is InChI=1S/C11H7F3N2S/c12-11(13,14)10-8(3-4-9(17)16-10)7-2-1-5-15-6-7/h1-6H,(H,16,17). The zero-order chi connectivity index (χ0) is 12.5. The molecule has 0 bridgehead atoms. The fraction of sp³-hybridized carbons (Fsp3) is 0.0909. The molecule has 17 heavy (non-hydrogen) atoms. The van der Waals surface area contributed by atoms with E-state index in [1.54, 1.807) is 12.1 Å². The van der Waals surface area contributed by atoms with E-state index in [9.17, 15) is 13.2 Å². The van der Waals surface area contributed by atoms with Gasteiger partial charge in [-0.15, -0.1) is 0 Å². The Labute approximate surface area is 100 Å². The molecule has 0 saturated carbocycles. The van der Waals surface area contributed by atoms with Gasteiger partial charge in [0.05, 0.1) is 0 Å². The number of rotatable bonds is 1. The summed E-state index contributed by atoms with van der Waals surface area (Å²) in [5.74, 6) is 0. The number of hydrogen-bond acceptors (Lipinski definition) is 2. The van der Waals surface area contributed by atoms with Crippen LogP contribution >= 0.6 is 12.2 Å². The van der Waals surface area contributed by atoms with Gasteiger partial charge in [0.25, 0.3) is 0 Å². The molecule has 88 valence electrons. The van der Waals surface area contributed by atoms with Crippen LogP contribution in [-0.2, 0) is 6.18 Å². The zero-order valence-electron chi connectivity index (χ0n) is 8.45. The molecule has 0 unspecified atom stereocenters. The van der Waals surface area contributed by atoms with Gasteiger partial charge in [-0.05, 0) is 18.2 Å². The molecule has 2 nitrogen and oxygen atoms in total. The lowest BCUT2D eigenvalue weighted by Crippen LogP contribution is -2.10. The summed E-state index contributed by atoms with van der Waals surface area (Å²) in [6.07, 6.45) is -1.59. The minimum atomic E-state index is -4.47. The number of pyridine rings is 2. The third-order valence-corrected chi connectivity index (χ3v) is 2.41. The van der Waals surface area contributed by atoms with Gasteiger partial charge in [-0.2, -0.15) is 13.2 Å². The molecule has 0 aliphatic heterocycles.